The van der Waals surface area contributed by atoms with Crippen LogP contribution in [0.2, 0.25) is 0 Å². The molecule has 1 aromatic carbocycles. The molecular formula is C38H60N8O9. The summed E-state index contributed by atoms with van der Waals surface area (Å²) in [7, 11) is 0. The summed E-state index contributed by atoms with van der Waals surface area (Å²) >= 11 is 0. The molecule has 0 spiro atoms. The summed E-state index contributed by atoms with van der Waals surface area (Å²) in [6.07, 6.45) is 1.13. The molecule has 0 saturated carbocycles. The molecule has 0 aromatic heterocycles. The van der Waals surface area contributed by atoms with Crippen LogP contribution in [0.1, 0.15) is 85.6 Å². The first-order valence-electron chi connectivity index (χ1n) is 19.0. The van der Waals surface area contributed by atoms with E-state index >= 15 is 0 Å². The summed E-state index contributed by atoms with van der Waals surface area (Å²) in [4.78, 5) is 106. The molecule has 0 radical (unpaired) electrons. The summed E-state index contributed by atoms with van der Waals surface area (Å²) in [5, 5.41) is 22.9. The van der Waals surface area contributed by atoms with Gasteiger partial charge in [0, 0.05) is 19.4 Å². The first-order valence-corrected chi connectivity index (χ1v) is 19.0. The van der Waals surface area contributed by atoms with Crippen molar-refractivity contribution in [3.8, 4) is 0 Å². The molecule has 1 aromatic rings. The van der Waals surface area contributed by atoms with E-state index in [0.29, 0.717) is 19.3 Å². The van der Waals surface area contributed by atoms with Crippen LogP contribution >= 0.6 is 0 Å². The van der Waals surface area contributed by atoms with Gasteiger partial charge in [-0.15, -0.1) is 0 Å². The Morgan fingerprint density at radius 3 is 1.98 bits per heavy atom. The second-order valence-electron chi connectivity index (χ2n) is 14.9. The Hall–Kier alpha value is -5.06. The molecule has 1 aliphatic heterocycles. The van der Waals surface area contributed by atoms with Crippen molar-refractivity contribution in [2.75, 3.05) is 13.1 Å². The molecule has 7 amide bonds. The lowest BCUT2D eigenvalue weighted by Crippen LogP contribution is -2.61. The van der Waals surface area contributed by atoms with Gasteiger partial charge in [0.15, 0.2) is 0 Å². The number of nitrogens with zero attached hydrogens (tertiary/aromatic N) is 1. The van der Waals surface area contributed by atoms with Gasteiger partial charge in [-0.25, -0.2) is 4.79 Å². The molecule has 1 aliphatic rings. The molecule has 0 unspecified atom stereocenters. The fourth-order valence-electron chi connectivity index (χ4n) is 6.32. The minimum Gasteiger partial charge on any atom is -0.480 e. The van der Waals surface area contributed by atoms with Crippen molar-refractivity contribution in [1.82, 2.24) is 31.5 Å². The van der Waals surface area contributed by atoms with Crippen LogP contribution in [-0.4, -0.2) is 107 Å². The Bertz CT molecular complexity index is 1510. The van der Waals surface area contributed by atoms with Crippen LogP contribution in [0.5, 0.6) is 0 Å². The van der Waals surface area contributed by atoms with Gasteiger partial charge in [-0.05, 0) is 49.0 Å². The van der Waals surface area contributed by atoms with Crippen molar-refractivity contribution < 1.29 is 43.5 Å². The van der Waals surface area contributed by atoms with Crippen molar-refractivity contribution in [1.29, 1.82) is 0 Å². The Balaban J connectivity index is 2.39. The topological polar surface area (TPSA) is 272 Å². The van der Waals surface area contributed by atoms with Gasteiger partial charge < -0.3 is 48.1 Å². The molecule has 17 heteroatoms. The van der Waals surface area contributed by atoms with Gasteiger partial charge in [0.05, 0.1) is 6.54 Å². The van der Waals surface area contributed by atoms with Crippen LogP contribution < -0.4 is 38.1 Å². The fraction of sp³-hybridized carbons (Fsp3) is 0.632. The highest BCUT2D eigenvalue weighted by Gasteiger charge is 2.40. The summed E-state index contributed by atoms with van der Waals surface area (Å²) in [5.41, 5.74) is 11.4. The number of aliphatic carboxylic acids is 1. The maximum Gasteiger partial charge on any atom is 0.326 e. The van der Waals surface area contributed by atoms with E-state index in [-0.39, 0.29) is 38.1 Å². The maximum absolute atomic E-state index is 14.2. The maximum atomic E-state index is 14.2. The minimum absolute atomic E-state index is 0.0646. The molecule has 0 bridgehead atoms. The summed E-state index contributed by atoms with van der Waals surface area (Å²) in [5.74, 6) is -6.69. The Kier molecular flexibility index (Phi) is 18.7. The van der Waals surface area contributed by atoms with Crippen molar-refractivity contribution >= 4 is 47.3 Å². The van der Waals surface area contributed by atoms with Crippen LogP contribution in [0, 0.1) is 17.8 Å². The third kappa shape index (κ3) is 14.6. The number of likely N-dealkylation sites (tertiary alicyclic amines) is 1. The number of carboxylic acid groups (broad SMARTS) is 1. The third-order valence-electron chi connectivity index (χ3n) is 9.62. The molecule has 1 saturated heterocycles. The van der Waals surface area contributed by atoms with E-state index in [1.807, 2.05) is 20.8 Å². The van der Waals surface area contributed by atoms with E-state index in [9.17, 15) is 43.5 Å². The van der Waals surface area contributed by atoms with Crippen LogP contribution in [-0.2, 0) is 44.8 Å². The molecule has 7 atom stereocenters. The number of benzene rings is 1. The second kappa shape index (κ2) is 22.4. The fourth-order valence-corrected chi connectivity index (χ4v) is 6.32. The number of amides is 7. The molecule has 1 fully saturated rings. The third-order valence-corrected chi connectivity index (χ3v) is 9.62. The van der Waals surface area contributed by atoms with Gasteiger partial charge in [0.25, 0.3) is 0 Å². The highest BCUT2D eigenvalue weighted by Crippen LogP contribution is 2.21. The standard InChI is InChI=1S/C38H60N8O9/c1-7-23(6)32(45-33(49)25(15-16-29(40)47)41-30(48)20-39)36(52)42-26(18-21(2)3)34(50)43-27(19-24-12-9-8-10-13-24)37(53)46-17-11-14-28(46)35(51)44-31(22(4)5)38(54)55/h8-10,12-13,21-23,25-28,31-32H,7,11,14-20,39H2,1-6H3,(H2,40,47)(H,41,48)(H,42,52)(H,43,50)(H,44,51)(H,45,49)(H,54,55)/t23-,25-,26-,27-,28-,31-,32-/m0/s1. The van der Waals surface area contributed by atoms with Gasteiger partial charge in [-0.3, -0.25) is 33.6 Å². The average molecular weight is 773 g/mol. The van der Waals surface area contributed by atoms with Gasteiger partial charge in [0.2, 0.25) is 41.4 Å². The largest absolute Gasteiger partial charge is 0.480 e. The van der Waals surface area contributed by atoms with Gasteiger partial charge in [-0.1, -0.05) is 78.3 Å². The number of hydrogen-bond acceptors (Lipinski definition) is 9. The number of rotatable bonds is 22. The second-order valence-corrected chi connectivity index (χ2v) is 14.9. The lowest BCUT2D eigenvalue weighted by atomic mass is 9.96. The lowest BCUT2D eigenvalue weighted by Gasteiger charge is -2.32. The zero-order chi connectivity index (χ0) is 41.4. The van der Waals surface area contributed by atoms with E-state index in [0.717, 1.165) is 5.56 Å². The first kappa shape index (κ1) is 46.1. The van der Waals surface area contributed by atoms with Crippen LogP contribution in [0.15, 0.2) is 30.3 Å². The Morgan fingerprint density at radius 1 is 0.818 bits per heavy atom. The van der Waals surface area contributed by atoms with E-state index in [4.69, 9.17) is 11.5 Å². The lowest BCUT2D eigenvalue weighted by molar-refractivity contribution is -0.145. The number of nitrogens with two attached hydrogens (primary N) is 2. The van der Waals surface area contributed by atoms with Gasteiger partial charge >= 0.3 is 5.97 Å². The number of primary amides is 1. The smallest absolute Gasteiger partial charge is 0.326 e. The van der Waals surface area contributed by atoms with Crippen LogP contribution in [0.3, 0.4) is 0 Å². The van der Waals surface area contributed by atoms with Gasteiger partial charge in [-0.2, -0.15) is 0 Å². The van der Waals surface area contributed by atoms with E-state index in [1.54, 1.807) is 51.1 Å². The monoisotopic (exact) mass is 772 g/mol. The summed E-state index contributed by atoms with van der Waals surface area (Å²) in [6.45, 7) is 10.4. The quantitative estimate of drug-likeness (QED) is 0.0762. The SMILES string of the molecule is CC[C@H](C)[C@H](NC(=O)[C@H](CCC(N)=O)NC(=O)CN)C(=O)N[C@@H](CC(C)C)C(=O)N[C@@H](Cc1ccccc1)C(=O)N1CCC[C@H]1C(=O)N[C@H](C(=O)O)C(C)C. The van der Waals surface area contributed by atoms with Crippen molar-refractivity contribution in [3.63, 3.8) is 0 Å². The molecule has 1 heterocycles. The van der Waals surface area contributed by atoms with Crippen molar-refractivity contribution in [3.05, 3.63) is 35.9 Å². The van der Waals surface area contributed by atoms with Crippen molar-refractivity contribution in [2.45, 2.75) is 123 Å². The van der Waals surface area contributed by atoms with Crippen molar-refractivity contribution in [2.24, 2.45) is 29.2 Å². The molecule has 55 heavy (non-hydrogen) atoms. The first-order chi connectivity index (χ1) is 25.9. The van der Waals surface area contributed by atoms with Crippen LogP contribution in [0.4, 0.5) is 0 Å². The summed E-state index contributed by atoms with van der Waals surface area (Å²) < 4.78 is 0. The zero-order valence-electron chi connectivity index (χ0n) is 32.8. The summed E-state index contributed by atoms with van der Waals surface area (Å²) in [6, 6.07) is 2.19. The van der Waals surface area contributed by atoms with E-state index < -0.39 is 102 Å². The normalized spacial score (nSPS) is 17.3. The molecular weight excluding hydrogens is 712 g/mol. The predicted molar refractivity (Wildman–Crippen MR) is 203 cm³/mol. The highest BCUT2D eigenvalue weighted by atomic mass is 16.4. The highest BCUT2D eigenvalue weighted by molar-refractivity contribution is 5.97. The molecule has 10 N–H and O–H groups in total. The number of hydrogen-bond donors (Lipinski definition) is 8. The zero-order valence-corrected chi connectivity index (χ0v) is 32.8. The minimum atomic E-state index is -1.21. The van der Waals surface area contributed by atoms with Crippen LogP contribution in [0.25, 0.3) is 0 Å². The van der Waals surface area contributed by atoms with E-state index in [2.05, 4.69) is 26.6 Å². The molecule has 2 rings (SSSR count). The molecule has 17 nitrogen and oxygen atoms in total. The molecule has 0 aliphatic carbocycles. The predicted octanol–water partition coefficient (Wildman–Crippen LogP) is -0.299. The van der Waals surface area contributed by atoms with E-state index in [1.165, 1.54) is 4.90 Å². The Morgan fingerprint density at radius 2 is 1.44 bits per heavy atom. The number of nitrogens with one attached hydrogen (secondary N) is 5. The number of carboxylic acids is 1. The molecule has 306 valence electrons. The average Bonchev–Trinajstić information content (AvgIpc) is 3.63. The number of carbonyl (C=O) groups is 8. The number of carbonyl (C=O) groups excluding carboxylic acids is 7. The Labute approximate surface area is 322 Å². The van der Waals surface area contributed by atoms with Gasteiger partial charge in [0.1, 0.15) is 36.3 Å².